The lowest BCUT2D eigenvalue weighted by Gasteiger charge is -2.22. The second-order valence-corrected chi connectivity index (χ2v) is 7.84. The van der Waals surface area contributed by atoms with Crippen LogP contribution in [0.4, 0.5) is 23.4 Å². The van der Waals surface area contributed by atoms with Crippen LogP contribution in [0.1, 0.15) is 53.1 Å². The van der Waals surface area contributed by atoms with Gasteiger partial charge in [0.1, 0.15) is 0 Å². The Kier molecular flexibility index (Phi) is 4.64. The number of nitrogens with zero attached hydrogens (tertiary/aromatic N) is 5. The molecule has 0 fully saturated rings. The van der Waals surface area contributed by atoms with Crippen LogP contribution in [-0.4, -0.2) is 31.8 Å². The number of hydrogen-bond acceptors (Lipinski definition) is 5. The summed E-state index contributed by atoms with van der Waals surface area (Å²) in [5, 5.41) is 11.3. The molecule has 11 heteroatoms. The third kappa shape index (κ3) is 3.47. The highest BCUT2D eigenvalue weighted by molar-refractivity contribution is 6.11. The third-order valence-electron chi connectivity index (χ3n) is 5.61. The third-order valence-corrected chi connectivity index (χ3v) is 5.61. The summed E-state index contributed by atoms with van der Waals surface area (Å²) in [5.74, 6) is -3.57. The average molecular weight is 447 g/mol. The predicted molar refractivity (Wildman–Crippen MR) is 105 cm³/mol. The van der Waals surface area contributed by atoms with Crippen LogP contribution in [0.25, 0.3) is 17.0 Å². The van der Waals surface area contributed by atoms with Crippen molar-refractivity contribution in [2.24, 2.45) is 7.05 Å². The molecule has 0 saturated heterocycles. The first-order chi connectivity index (χ1) is 15.2. The fraction of sp³-hybridized carbons (Fsp3) is 0.333. The van der Waals surface area contributed by atoms with Gasteiger partial charge in [-0.1, -0.05) is 12.1 Å². The highest BCUT2D eigenvalue weighted by atomic mass is 19.3. The van der Waals surface area contributed by atoms with Gasteiger partial charge < -0.3 is 4.42 Å². The SMILES string of the molecule is Cn1cc(C2=CCC(F)(F)CC2)c(N2Cc3ccc(-c4nnc(C(F)F)o4)cc3C2=O)n1. The molecule has 0 atom stereocenters. The average Bonchev–Trinajstić information content (AvgIpc) is 3.45. The van der Waals surface area contributed by atoms with Gasteiger partial charge in [-0.3, -0.25) is 14.4 Å². The van der Waals surface area contributed by atoms with Crippen molar-refractivity contribution in [1.29, 1.82) is 0 Å². The summed E-state index contributed by atoms with van der Waals surface area (Å²) in [6.45, 7) is 0.244. The van der Waals surface area contributed by atoms with E-state index in [4.69, 9.17) is 4.42 Å². The lowest BCUT2D eigenvalue weighted by atomic mass is 9.92. The highest BCUT2D eigenvalue weighted by Gasteiger charge is 2.36. The van der Waals surface area contributed by atoms with Gasteiger partial charge in [-0.15, -0.1) is 10.2 Å². The van der Waals surface area contributed by atoms with Crippen molar-refractivity contribution in [3.05, 3.63) is 53.1 Å². The Morgan fingerprint density at radius 2 is 2.00 bits per heavy atom. The minimum absolute atomic E-state index is 0.110. The Morgan fingerprint density at radius 3 is 2.69 bits per heavy atom. The van der Waals surface area contributed by atoms with Crippen LogP contribution in [-0.2, 0) is 13.6 Å². The van der Waals surface area contributed by atoms with Crippen molar-refractivity contribution in [3.8, 4) is 11.5 Å². The standard InChI is InChI=1S/C21H17F4N5O2/c1-29-10-15(11-4-6-21(24,25)7-5-11)17(28-29)30-9-13-3-2-12(8-14(13)20(30)31)18-26-27-19(32-18)16(22)23/h2-4,8,10,16H,5-7,9H2,1H3. The second-order valence-electron chi connectivity index (χ2n) is 7.84. The number of aryl methyl sites for hydroxylation is 1. The van der Waals surface area contributed by atoms with E-state index in [1.807, 2.05) is 0 Å². The lowest BCUT2D eigenvalue weighted by Crippen LogP contribution is -2.25. The largest absolute Gasteiger partial charge is 0.415 e. The predicted octanol–water partition coefficient (Wildman–Crippen LogP) is 4.77. The number of hydrogen-bond donors (Lipinski definition) is 0. The number of alkyl halides is 4. The molecular weight excluding hydrogens is 430 g/mol. The zero-order chi connectivity index (χ0) is 22.6. The van der Waals surface area contributed by atoms with E-state index in [9.17, 15) is 22.4 Å². The lowest BCUT2D eigenvalue weighted by molar-refractivity contribution is -0.00603. The van der Waals surface area contributed by atoms with Gasteiger partial charge in [0.25, 0.3) is 17.7 Å². The van der Waals surface area contributed by atoms with Gasteiger partial charge in [-0.25, -0.2) is 8.78 Å². The number of carbonyl (C=O) groups is 1. The van der Waals surface area contributed by atoms with E-state index >= 15 is 0 Å². The molecule has 2 aliphatic rings. The first-order valence-electron chi connectivity index (χ1n) is 9.89. The minimum Gasteiger partial charge on any atom is -0.415 e. The molecule has 0 N–H and O–H groups in total. The number of benzene rings is 1. The molecule has 1 aliphatic carbocycles. The first kappa shape index (κ1) is 20.4. The van der Waals surface area contributed by atoms with Gasteiger partial charge in [0.05, 0.1) is 6.54 Å². The molecule has 2 aromatic heterocycles. The molecule has 1 aromatic carbocycles. The second kappa shape index (κ2) is 7.28. The fourth-order valence-electron chi connectivity index (χ4n) is 3.99. The maximum Gasteiger partial charge on any atom is 0.314 e. The highest BCUT2D eigenvalue weighted by Crippen LogP contribution is 2.40. The molecule has 1 amide bonds. The zero-order valence-corrected chi connectivity index (χ0v) is 16.9. The number of halogens is 4. The molecule has 0 unspecified atom stereocenters. The zero-order valence-electron chi connectivity index (χ0n) is 16.9. The summed E-state index contributed by atoms with van der Waals surface area (Å²) in [6.07, 6.45) is -0.0784. The van der Waals surface area contributed by atoms with Crippen LogP contribution in [0.15, 0.2) is 34.9 Å². The Morgan fingerprint density at radius 1 is 1.19 bits per heavy atom. The summed E-state index contributed by atoms with van der Waals surface area (Å²) >= 11 is 0. The van der Waals surface area contributed by atoms with E-state index < -0.39 is 18.2 Å². The molecule has 3 heterocycles. The molecule has 0 saturated carbocycles. The first-order valence-corrected chi connectivity index (χ1v) is 9.89. The van der Waals surface area contributed by atoms with E-state index in [1.54, 1.807) is 30.1 Å². The summed E-state index contributed by atoms with van der Waals surface area (Å²) in [5.41, 5.74) is 2.79. The maximum atomic E-state index is 13.6. The molecule has 7 nitrogen and oxygen atoms in total. The van der Waals surface area contributed by atoms with Crippen molar-refractivity contribution in [2.75, 3.05) is 4.90 Å². The van der Waals surface area contributed by atoms with Crippen LogP contribution in [0.5, 0.6) is 0 Å². The summed E-state index contributed by atoms with van der Waals surface area (Å²) in [7, 11) is 1.70. The van der Waals surface area contributed by atoms with Crippen molar-refractivity contribution < 1.29 is 26.8 Å². The van der Waals surface area contributed by atoms with E-state index in [2.05, 4.69) is 15.3 Å². The van der Waals surface area contributed by atoms with Crippen LogP contribution >= 0.6 is 0 Å². The van der Waals surface area contributed by atoms with Crippen LogP contribution in [0.2, 0.25) is 0 Å². The Hall–Kier alpha value is -3.50. The van der Waals surface area contributed by atoms with Gasteiger partial charge >= 0.3 is 6.43 Å². The van der Waals surface area contributed by atoms with Gasteiger partial charge in [-0.2, -0.15) is 13.9 Å². The molecule has 1 aliphatic heterocycles. The maximum absolute atomic E-state index is 13.6. The van der Waals surface area contributed by atoms with Crippen molar-refractivity contribution in [2.45, 2.75) is 38.2 Å². The number of allylic oxidation sites excluding steroid dienone is 2. The number of aromatic nitrogens is 4. The number of anilines is 1. The van der Waals surface area contributed by atoms with E-state index in [0.717, 1.165) is 5.57 Å². The number of rotatable bonds is 4. The number of amides is 1. The van der Waals surface area contributed by atoms with Gasteiger partial charge in [0, 0.05) is 42.8 Å². The van der Waals surface area contributed by atoms with Gasteiger partial charge in [0.15, 0.2) is 5.82 Å². The van der Waals surface area contributed by atoms with Crippen molar-refractivity contribution >= 4 is 17.3 Å². The van der Waals surface area contributed by atoms with E-state index in [-0.39, 0.29) is 37.6 Å². The van der Waals surface area contributed by atoms with E-state index in [1.165, 1.54) is 17.0 Å². The molecule has 0 bridgehead atoms. The topological polar surface area (TPSA) is 77.0 Å². The Balaban J connectivity index is 1.46. The molecule has 0 spiro atoms. The molecule has 5 rings (SSSR count). The Labute approximate surface area is 179 Å². The van der Waals surface area contributed by atoms with Crippen LogP contribution < -0.4 is 4.90 Å². The Bertz CT molecular complexity index is 1250. The molecule has 32 heavy (non-hydrogen) atoms. The van der Waals surface area contributed by atoms with Crippen LogP contribution in [0.3, 0.4) is 0 Å². The fourth-order valence-corrected chi connectivity index (χ4v) is 3.99. The monoisotopic (exact) mass is 447 g/mol. The summed E-state index contributed by atoms with van der Waals surface area (Å²) in [6, 6.07) is 4.82. The van der Waals surface area contributed by atoms with E-state index in [0.29, 0.717) is 28.1 Å². The van der Waals surface area contributed by atoms with Crippen molar-refractivity contribution in [3.63, 3.8) is 0 Å². The summed E-state index contributed by atoms with van der Waals surface area (Å²) in [4.78, 5) is 14.7. The smallest absolute Gasteiger partial charge is 0.314 e. The quantitative estimate of drug-likeness (QED) is 0.539. The molecular formula is C21H17F4N5O2. The van der Waals surface area contributed by atoms with Crippen LogP contribution in [0, 0.1) is 0 Å². The normalized spacial score (nSPS) is 17.8. The molecule has 0 radical (unpaired) electrons. The minimum atomic E-state index is -2.89. The van der Waals surface area contributed by atoms with Crippen molar-refractivity contribution in [1.82, 2.24) is 20.0 Å². The van der Waals surface area contributed by atoms with Gasteiger partial charge in [0.2, 0.25) is 5.89 Å². The number of fused-ring (bicyclic) bond motifs is 1. The number of carbonyl (C=O) groups excluding carboxylic acids is 1. The van der Waals surface area contributed by atoms with Gasteiger partial charge in [-0.05, 0) is 29.7 Å². The molecule has 3 aromatic rings. The summed E-state index contributed by atoms with van der Waals surface area (Å²) < 4.78 is 59.2. The molecule has 166 valence electrons.